The van der Waals surface area contributed by atoms with E-state index in [2.05, 4.69) is 15.9 Å². The number of ether oxygens (including phenoxy) is 1. The number of halogens is 1. The molecule has 0 N–H and O–H groups in total. The van der Waals surface area contributed by atoms with Crippen LogP contribution >= 0.6 is 15.9 Å². The summed E-state index contributed by atoms with van der Waals surface area (Å²) in [5, 5.41) is 0.386. The summed E-state index contributed by atoms with van der Waals surface area (Å²) in [4.78, 5) is 0. The molecule has 1 aliphatic rings. The van der Waals surface area contributed by atoms with Gasteiger partial charge in [0, 0.05) is 11.9 Å². The van der Waals surface area contributed by atoms with Crippen molar-refractivity contribution in [3.63, 3.8) is 0 Å². The molecule has 0 spiro atoms. The molecule has 1 fully saturated rings. The predicted octanol–water partition coefficient (Wildman–Crippen LogP) is 2.00. The Morgan fingerprint density at radius 1 is 1.47 bits per heavy atom. The van der Waals surface area contributed by atoms with E-state index in [0.717, 1.165) is 0 Å². The van der Waals surface area contributed by atoms with Gasteiger partial charge in [0.1, 0.15) is 0 Å². The molecule has 0 aromatic heterocycles. The van der Waals surface area contributed by atoms with Gasteiger partial charge >= 0.3 is 0 Å². The standard InChI is InChI=1S/C10H19BrO3S/c1-8-9(4-5-14-8)15(12,13)7-10(2,3)6-11/h8-9H,4-7H2,1-3H3. The van der Waals surface area contributed by atoms with Crippen molar-refractivity contribution < 1.29 is 13.2 Å². The van der Waals surface area contributed by atoms with Crippen LogP contribution in [-0.4, -0.2) is 37.5 Å². The van der Waals surface area contributed by atoms with Gasteiger partial charge in [-0.1, -0.05) is 29.8 Å². The summed E-state index contributed by atoms with van der Waals surface area (Å²) in [5.74, 6) is 0.226. The van der Waals surface area contributed by atoms with Gasteiger partial charge in [-0.05, 0) is 18.8 Å². The van der Waals surface area contributed by atoms with Gasteiger partial charge in [-0.2, -0.15) is 0 Å². The van der Waals surface area contributed by atoms with Crippen molar-refractivity contribution in [3.05, 3.63) is 0 Å². The highest BCUT2D eigenvalue weighted by Crippen LogP contribution is 2.28. The van der Waals surface area contributed by atoms with Crippen LogP contribution in [0.3, 0.4) is 0 Å². The summed E-state index contributed by atoms with van der Waals surface area (Å²) in [5.41, 5.74) is -0.207. The number of hydrogen-bond acceptors (Lipinski definition) is 3. The van der Waals surface area contributed by atoms with Gasteiger partial charge in [0.25, 0.3) is 0 Å². The van der Waals surface area contributed by atoms with Crippen molar-refractivity contribution in [2.45, 2.75) is 38.5 Å². The molecule has 0 saturated carbocycles. The van der Waals surface area contributed by atoms with E-state index in [9.17, 15) is 8.42 Å². The molecular weight excluding hydrogens is 280 g/mol. The van der Waals surface area contributed by atoms with Gasteiger partial charge in [0.05, 0.1) is 17.1 Å². The van der Waals surface area contributed by atoms with Crippen LogP contribution in [0.25, 0.3) is 0 Å². The Labute approximate surface area is 101 Å². The van der Waals surface area contributed by atoms with E-state index in [-0.39, 0.29) is 22.5 Å². The third-order valence-corrected chi connectivity index (χ3v) is 6.96. The molecular formula is C10H19BrO3S. The summed E-state index contributed by atoms with van der Waals surface area (Å²) < 4.78 is 29.5. The maximum atomic E-state index is 12.1. The first-order valence-corrected chi connectivity index (χ1v) is 8.01. The van der Waals surface area contributed by atoms with E-state index >= 15 is 0 Å². The molecule has 0 aliphatic carbocycles. The molecule has 90 valence electrons. The van der Waals surface area contributed by atoms with Crippen LogP contribution < -0.4 is 0 Å². The number of sulfone groups is 1. The molecule has 5 heteroatoms. The van der Waals surface area contributed by atoms with E-state index in [0.29, 0.717) is 18.4 Å². The molecule has 1 aliphatic heterocycles. The van der Waals surface area contributed by atoms with E-state index < -0.39 is 9.84 Å². The Bertz CT molecular complexity index is 311. The van der Waals surface area contributed by atoms with Crippen molar-refractivity contribution in [2.24, 2.45) is 5.41 Å². The van der Waals surface area contributed by atoms with Crippen molar-refractivity contribution in [2.75, 3.05) is 17.7 Å². The van der Waals surface area contributed by atoms with Crippen LogP contribution in [0.1, 0.15) is 27.2 Å². The Hall–Kier alpha value is 0.390. The quantitative estimate of drug-likeness (QED) is 0.746. The summed E-state index contributed by atoms with van der Waals surface area (Å²) in [6, 6.07) is 0. The molecule has 0 radical (unpaired) electrons. The number of hydrogen-bond donors (Lipinski definition) is 0. The summed E-state index contributed by atoms with van der Waals surface area (Å²) in [7, 11) is -3.03. The SMILES string of the molecule is CC1OCCC1S(=O)(=O)CC(C)(C)CBr. The number of alkyl halides is 1. The minimum absolute atomic E-state index is 0.152. The zero-order chi connectivity index (χ0) is 11.7. The van der Waals surface area contributed by atoms with Gasteiger partial charge in [-0.25, -0.2) is 8.42 Å². The third-order valence-electron chi connectivity index (χ3n) is 2.72. The second-order valence-corrected chi connectivity index (χ2v) is 7.79. The summed E-state index contributed by atoms with van der Waals surface area (Å²) >= 11 is 3.35. The zero-order valence-electron chi connectivity index (χ0n) is 9.49. The van der Waals surface area contributed by atoms with Crippen LogP contribution in [0.4, 0.5) is 0 Å². The Morgan fingerprint density at radius 3 is 2.47 bits per heavy atom. The summed E-state index contributed by atoms with van der Waals surface area (Å²) in [6.07, 6.45) is 0.489. The molecule has 3 nitrogen and oxygen atoms in total. The number of rotatable bonds is 4. The highest BCUT2D eigenvalue weighted by atomic mass is 79.9. The third kappa shape index (κ3) is 3.43. The lowest BCUT2D eigenvalue weighted by Crippen LogP contribution is -2.36. The predicted molar refractivity (Wildman–Crippen MR) is 65.2 cm³/mol. The Morgan fingerprint density at radius 2 is 2.07 bits per heavy atom. The van der Waals surface area contributed by atoms with E-state index in [1.165, 1.54) is 0 Å². The smallest absolute Gasteiger partial charge is 0.156 e. The van der Waals surface area contributed by atoms with Crippen LogP contribution in [0, 0.1) is 5.41 Å². The molecule has 2 atom stereocenters. The van der Waals surface area contributed by atoms with Gasteiger partial charge in [-0.15, -0.1) is 0 Å². The highest BCUT2D eigenvalue weighted by Gasteiger charge is 2.38. The Balaban J connectivity index is 2.75. The molecule has 1 saturated heterocycles. The van der Waals surface area contributed by atoms with E-state index in [1.807, 2.05) is 20.8 Å². The van der Waals surface area contributed by atoms with E-state index in [4.69, 9.17) is 4.74 Å². The molecule has 0 aromatic rings. The van der Waals surface area contributed by atoms with Crippen LogP contribution in [-0.2, 0) is 14.6 Å². The second-order valence-electron chi connectivity index (χ2n) is 5.01. The van der Waals surface area contributed by atoms with Crippen LogP contribution in [0.15, 0.2) is 0 Å². The van der Waals surface area contributed by atoms with Crippen molar-refractivity contribution in [3.8, 4) is 0 Å². The molecule has 2 unspecified atom stereocenters. The monoisotopic (exact) mass is 298 g/mol. The topological polar surface area (TPSA) is 43.4 Å². The molecule has 15 heavy (non-hydrogen) atoms. The van der Waals surface area contributed by atoms with Gasteiger partial charge in [0.2, 0.25) is 0 Å². The first-order valence-electron chi connectivity index (χ1n) is 5.18. The summed E-state index contributed by atoms with van der Waals surface area (Å²) in [6.45, 7) is 6.33. The normalized spacial score (nSPS) is 28.3. The minimum Gasteiger partial charge on any atom is -0.377 e. The Kier molecular flexibility index (Phi) is 4.23. The first kappa shape index (κ1) is 13.5. The van der Waals surface area contributed by atoms with Gasteiger partial charge in [0.15, 0.2) is 9.84 Å². The lowest BCUT2D eigenvalue weighted by molar-refractivity contribution is 0.126. The largest absolute Gasteiger partial charge is 0.377 e. The molecule has 0 bridgehead atoms. The van der Waals surface area contributed by atoms with E-state index in [1.54, 1.807) is 0 Å². The lowest BCUT2D eigenvalue weighted by atomic mass is 10.0. The van der Waals surface area contributed by atoms with Gasteiger partial charge in [-0.3, -0.25) is 0 Å². The maximum Gasteiger partial charge on any atom is 0.156 e. The van der Waals surface area contributed by atoms with Crippen molar-refractivity contribution in [1.82, 2.24) is 0 Å². The molecule has 0 aromatic carbocycles. The lowest BCUT2D eigenvalue weighted by Gasteiger charge is -2.24. The fourth-order valence-corrected chi connectivity index (χ4v) is 4.86. The average Bonchev–Trinajstić information content (AvgIpc) is 2.50. The first-order chi connectivity index (χ1) is 6.78. The molecule has 0 amide bonds. The highest BCUT2D eigenvalue weighted by molar-refractivity contribution is 9.09. The molecule has 1 heterocycles. The van der Waals surface area contributed by atoms with Crippen molar-refractivity contribution in [1.29, 1.82) is 0 Å². The minimum atomic E-state index is -3.03. The van der Waals surface area contributed by atoms with Crippen molar-refractivity contribution >= 4 is 25.8 Å². The van der Waals surface area contributed by atoms with Crippen LogP contribution in [0.5, 0.6) is 0 Å². The fourth-order valence-electron chi connectivity index (χ4n) is 1.87. The van der Waals surface area contributed by atoms with Gasteiger partial charge < -0.3 is 4.74 Å². The second kappa shape index (κ2) is 4.72. The molecule has 1 rings (SSSR count). The zero-order valence-corrected chi connectivity index (χ0v) is 11.9. The fraction of sp³-hybridized carbons (Fsp3) is 1.00. The average molecular weight is 299 g/mol. The van der Waals surface area contributed by atoms with Crippen LogP contribution in [0.2, 0.25) is 0 Å². The maximum absolute atomic E-state index is 12.1.